The van der Waals surface area contributed by atoms with Crippen LogP contribution in [0, 0.1) is 0 Å². The minimum absolute atomic E-state index is 0.0954. The number of methoxy groups -OCH3 is 1. The Hall–Kier alpha value is -1.97. The number of aliphatic hydroxyl groups is 1. The Morgan fingerprint density at radius 1 is 1.20 bits per heavy atom. The first-order valence-corrected chi connectivity index (χ1v) is 6.82. The fourth-order valence-electron chi connectivity index (χ4n) is 1.90. The largest absolute Gasteiger partial charge is 0.513 e. The summed E-state index contributed by atoms with van der Waals surface area (Å²) >= 11 is 0. The second-order valence-electron chi connectivity index (χ2n) is 4.78. The highest BCUT2D eigenvalue weighted by Crippen LogP contribution is 2.19. The lowest BCUT2D eigenvalue weighted by atomic mass is 10.1. The van der Waals surface area contributed by atoms with Crippen molar-refractivity contribution < 1.29 is 14.6 Å². The quantitative estimate of drug-likeness (QED) is 0.582. The monoisotopic (exact) mass is 277 g/mol. The van der Waals surface area contributed by atoms with Gasteiger partial charge in [-0.25, -0.2) is 0 Å². The molecule has 0 radical (unpaired) electrons. The number of hydrogen-bond acceptors (Lipinski definition) is 3. The molecule has 0 saturated carbocycles. The maximum atomic E-state index is 12.0. The molecule has 1 aromatic rings. The van der Waals surface area contributed by atoms with E-state index in [0.29, 0.717) is 12.8 Å². The molecule has 4 nitrogen and oxygen atoms in total. The van der Waals surface area contributed by atoms with Crippen LogP contribution in [0.15, 0.2) is 36.6 Å². The third kappa shape index (κ3) is 5.34. The summed E-state index contributed by atoms with van der Waals surface area (Å²) in [6, 6.07) is 7.41. The van der Waals surface area contributed by atoms with Crippen LogP contribution >= 0.6 is 0 Å². The third-order valence-corrected chi connectivity index (χ3v) is 3.19. The molecule has 1 aromatic carbocycles. The normalized spacial score (nSPS) is 10.1. The number of amides is 1. The molecule has 0 saturated heterocycles. The fourth-order valence-corrected chi connectivity index (χ4v) is 1.90. The van der Waals surface area contributed by atoms with Gasteiger partial charge in [0.2, 0.25) is 5.91 Å². The Kier molecular flexibility index (Phi) is 6.64. The van der Waals surface area contributed by atoms with Gasteiger partial charge in [-0.2, -0.15) is 0 Å². The molecule has 0 aromatic heterocycles. The molecule has 0 unspecified atom stereocenters. The summed E-state index contributed by atoms with van der Waals surface area (Å²) in [5, 5.41) is 8.96. The zero-order valence-corrected chi connectivity index (χ0v) is 12.3. The fraction of sp³-hybridized carbons (Fsp3) is 0.438. The lowest BCUT2D eigenvalue weighted by molar-refractivity contribution is -0.118. The SMILES string of the molecule is C=C(O)CCCCCC(=O)N(C)c1ccc(OC)cc1. The van der Waals surface area contributed by atoms with Gasteiger partial charge < -0.3 is 14.7 Å². The van der Waals surface area contributed by atoms with Crippen LogP contribution in [-0.4, -0.2) is 25.2 Å². The van der Waals surface area contributed by atoms with E-state index in [9.17, 15) is 4.79 Å². The molecule has 0 spiro atoms. The first-order valence-electron chi connectivity index (χ1n) is 6.82. The van der Waals surface area contributed by atoms with Crippen LogP contribution in [0.4, 0.5) is 5.69 Å². The lowest BCUT2D eigenvalue weighted by Crippen LogP contribution is -2.25. The molecule has 1 N–H and O–H groups in total. The topological polar surface area (TPSA) is 49.8 Å². The number of rotatable bonds is 8. The number of benzene rings is 1. The summed E-state index contributed by atoms with van der Waals surface area (Å²) in [6.07, 6.45) is 3.74. The summed E-state index contributed by atoms with van der Waals surface area (Å²) in [5.74, 6) is 1.09. The van der Waals surface area contributed by atoms with Gasteiger partial charge in [0, 0.05) is 25.6 Å². The Bertz CT molecular complexity index is 440. The number of aliphatic hydroxyl groups excluding tert-OH is 1. The van der Waals surface area contributed by atoms with Crippen LogP contribution in [0.25, 0.3) is 0 Å². The van der Waals surface area contributed by atoms with E-state index in [4.69, 9.17) is 9.84 Å². The van der Waals surface area contributed by atoms with Crippen LogP contribution in [0.2, 0.25) is 0 Å². The third-order valence-electron chi connectivity index (χ3n) is 3.19. The summed E-state index contributed by atoms with van der Waals surface area (Å²) in [6.45, 7) is 3.44. The predicted molar refractivity (Wildman–Crippen MR) is 81.3 cm³/mol. The van der Waals surface area contributed by atoms with Gasteiger partial charge in [0.05, 0.1) is 12.9 Å². The van der Waals surface area contributed by atoms with Gasteiger partial charge in [0.15, 0.2) is 0 Å². The number of carbonyl (C=O) groups is 1. The molecular formula is C16H23NO3. The average Bonchev–Trinajstić information content (AvgIpc) is 2.45. The van der Waals surface area contributed by atoms with Crippen LogP contribution in [0.3, 0.4) is 0 Å². The van der Waals surface area contributed by atoms with Gasteiger partial charge in [0.1, 0.15) is 5.75 Å². The molecule has 4 heteroatoms. The molecule has 0 aliphatic carbocycles. The number of nitrogens with zero attached hydrogens (tertiary/aromatic N) is 1. The molecule has 0 atom stereocenters. The zero-order valence-electron chi connectivity index (χ0n) is 12.3. The number of ether oxygens (including phenoxy) is 1. The molecule has 0 heterocycles. The van der Waals surface area contributed by atoms with Crippen molar-refractivity contribution in [3.05, 3.63) is 36.6 Å². The maximum absolute atomic E-state index is 12.0. The minimum atomic E-state index is 0.0954. The van der Waals surface area contributed by atoms with Crippen LogP contribution in [0.5, 0.6) is 5.75 Å². The summed E-state index contributed by atoms with van der Waals surface area (Å²) in [4.78, 5) is 13.7. The summed E-state index contributed by atoms with van der Waals surface area (Å²) in [5.41, 5.74) is 0.861. The Morgan fingerprint density at radius 3 is 2.35 bits per heavy atom. The molecular weight excluding hydrogens is 254 g/mol. The van der Waals surface area contributed by atoms with Gasteiger partial charge in [-0.1, -0.05) is 13.0 Å². The molecule has 20 heavy (non-hydrogen) atoms. The van der Waals surface area contributed by atoms with E-state index in [1.807, 2.05) is 24.3 Å². The van der Waals surface area contributed by atoms with E-state index in [1.165, 1.54) is 0 Å². The molecule has 110 valence electrons. The van der Waals surface area contributed by atoms with Crippen molar-refractivity contribution in [2.24, 2.45) is 0 Å². The van der Waals surface area contributed by atoms with E-state index >= 15 is 0 Å². The van der Waals surface area contributed by atoms with E-state index in [2.05, 4.69) is 6.58 Å². The molecule has 0 fully saturated rings. The van der Waals surface area contributed by atoms with Crippen molar-refractivity contribution in [1.29, 1.82) is 0 Å². The van der Waals surface area contributed by atoms with Gasteiger partial charge in [0.25, 0.3) is 0 Å². The minimum Gasteiger partial charge on any atom is -0.513 e. The Balaban J connectivity index is 2.36. The first kappa shape index (κ1) is 16.1. The Morgan fingerprint density at radius 2 is 1.80 bits per heavy atom. The van der Waals surface area contributed by atoms with E-state index in [0.717, 1.165) is 30.7 Å². The van der Waals surface area contributed by atoms with Gasteiger partial charge >= 0.3 is 0 Å². The molecule has 1 rings (SSSR count). The van der Waals surface area contributed by atoms with Crippen molar-refractivity contribution in [2.45, 2.75) is 32.1 Å². The second-order valence-corrected chi connectivity index (χ2v) is 4.78. The standard InChI is InChI=1S/C16H23NO3/c1-13(18)7-5-4-6-8-16(19)17(2)14-9-11-15(20-3)12-10-14/h9-12,18H,1,4-8H2,2-3H3. The van der Waals surface area contributed by atoms with Crippen molar-refractivity contribution in [3.8, 4) is 5.75 Å². The average molecular weight is 277 g/mol. The summed E-state index contributed by atoms with van der Waals surface area (Å²) < 4.78 is 5.09. The van der Waals surface area contributed by atoms with E-state index in [1.54, 1.807) is 19.1 Å². The lowest BCUT2D eigenvalue weighted by Gasteiger charge is -2.17. The van der Waals surface area contributed by atoms with Crippen molar-refractivity contribution in [3.63, 3.8) is 0 Å². The number of anilines is 1. The van der Waals surface area contributed by atoms with Crippen LogP contribution in [-0.2, 0) is 4.79 Å². The number of unbranched alkanes of at least 4 members (excludes halogenated alkanes) is 2. The highest BCUT2D eigenvalue weighted by atomic mass is 16.5. The molecule has 0 bridgehead atoms. The maximum Gasteiger partial charge on any atom is 0.226 e. The van der Waals surface area contributed by atoms with Crippen molar-refractivity contribution in [1.82, 2.24) is 0 Å². The van der Waals surface area contributed by atoms with Crippen LogP contribution < -0.4 is 9.64 Å². The second kappa shape index (κ2) is 8.25. The molecule has 1 amide bonds. The van der Waals surface area contributed by atoms with Crippen molar-refractivity contribution >= 4 is 11.6 Å². The molecule has 0 aliphatic rings. The number of carbonyl (C=O) groups excluding carboxylic acids is 1. The van der Waals surface area contributed by atoms with E-state index in [-0.39, 0.29) is 11.7 Å². The molecule has 0 aliphatic heterocycles. The predicted octanol–water partition coefficient (Wildman–Crippen LogP) is 3.68. The van der Waals surface area contributed by atoms with Crippen molar-refractivity contribution in [2.75, 3.05) is 19.1 Å². The number of hydrogen-bond donors (Lipinski definition) is 1. The van der Waals surface area contributed by atoms with Gasteiger partial charge in [-0.05, 0) is 37.1 Å². The first-order chi connectivity index (χ1) is 9.54. The van der Waals surface area contributed by atoms with Crippen LogP contribution in [0.1, 0.15) is 32.1 Å². The summed E-state index contributed by atoms with van der Waals surface area (Å²) in [7, 11) is 3.39. The highest BCUT2D eigenvalue weighted by Gasteiger charge is 2.10. The van der Waals surface area contributed by atoms with Gasteiger partial charge in [-0.3, -0.25) is 4.79 Å². The highest BCUT2D eigenvalue weighted by molar-refractivity contribution is 5.92. The van der Waals surface area contributed by atoms with E-state index < -0.39 is 0 Å². The zero-order chi connectivity index (χ0) is 15.0. The van der Waals surface area contributed by atoms with Gasteiger partial charge in [-0.15, -0.1) is 0 Å². The Labute approximate surface area is 120 Å². The number of allylic oxidation sites excluding steroid dienone is 1. The smallest absolute Gasteiger partial charge is 0.226 e.